The molecule has 3 aromatic rings. The van der Waals surface area contributed by atoms with Crippen LogP contribution in [-0.2, 0) is 22.7 Å². The Balaban J connectivity index is 1.56. The molecule has 1 saturated heterocycles. The number of rotatable bonds is 11. The van der Waals surface area contributed by atoms with Gasteiger partial charge < -0.3 is 18.9 Å². The second-order valence-corrected chi connectivity index (χ2v) is 9.85. The van der Waals surface area contributed by atoms with Crippen molar-refractivity contribution in [3.05, 3.63) is 87.2 Å². The predicted molar refractivity (Wildman–Crippen MR) is 152 cm³/mol. The van der Waals surface area contributed by atoms with Crippen molar-refractivity contribution in [3.63, 3.8) is 0 Å². The van der Waals surface area contributed by atoms with Gasteiger partial charge in [-0.3, -0.25) is 19.8 Å². The van der Waals surface area contributed by atoms with Crippen LogP contribution in [0, 0.1) is 5.82 Å². The Morgan fingerprint density at radius 3 is 2.29 bits per heavy atom. The lowest BCUT2D eigenvalue weighted by Gasteiger charge is -2.26. The zero-order valence-electron chi connectivity index (χ0n) is 22.7. The SMILES string of the molecule is CCCOc1ccc(CN2C(=O)NC(=O)/C(=C\c3cc(Br)c(OCc4ccc(F)cc4)c(OC)c3)C2=O)cc1OC. The molecule has 1 heterocycles. The van der Waals surface area contributed by atoms with Gasteiger partial charge >= 0.3 is 6.03 Å². The van der Waals surface area contributed by atoms with Crippen LogP contribution in [0.25, 0.3) is 6.08 Å². The fourth-order valence-electron chi connectivity index (χ4n) is 4.03. The van der Waals surface area contributed by atoms with Gasteiger partial charge in [-0.15, -0.1) is 0 Å². The van der Waals surface area contributed by atoms with Crippen molar-refractivity contribution in [2.24, 2.45) is 0 Å². The van der Waals surface area contributed by atoms with Crippen LogP contribution >= 0.6 is 15.9 Å². The molecule has 3 aromatic carbocycles. The molecular weight excluding hydrogens is 599 g/mol. The lowest BCUT2D eigenvalue weighted by Crippen LogP contribution is -2.53. The van der Waals surface area contributed by atoms with Crippen LogP contribution in [0.15, 0.2) is 64.6 Å². The first-order valence-electron chi connectivity index (χ1n) is 12.7. The molecule has 0 aliphatic carbocycles. The Bertz CT molecular complexity index is 1490. The van der Waals surface area contributed by atoms with Gasteiger partial charge in [0, 0.05) is 0 Å². The number of amides is 4. The van der Waals surface area contributed by atoms with Gasteiger partial charge in [0.2, 0.25) is 0 Å². The summed E-state index contributed by atoms with van der Waals surface area (Å²) in [4.78, 5) is 39.6. The third-order valence-corrected chi connectivity index (χ3v) is 6.66. The minimum absolute atomic E-state index is 0.0944. The fourth-order valence-corrected chi connectivity index (χ4v) is 4.60. The van der Waals surface area contributed by atoms with E-state index in [9.17, 15) is 18.8 Å². The van der Waals surface area contributed by atoms with Crippen LogP contribution in [-0.4, -0.2) is 43.6 Å². The predicted octanol–water partition coefficient (Wildman–Crippen LogP) is 5.64. The third-order valence-electron chi connectivity index (χ3n) is 6.08. The largest absolute Gasteiger partial charge is 0.493 e. The van der Waals surface area contributed by atoms with Crippen LogP contribution in [0.3, 0.4) is 0 Å². The lowest BCUT2D eigenvalue weighted by atomic mass is 10.1. The number of carbonyl (C=O) groups excluding carboxylic acids is 3. The molecule has 1 aliphatic rings. The van der Waals surface area contributed by atoms with Crippen molar-refractivity contribution in [2.75, 3.05) is 20.8 Å². The number of benzene rings is 3. The Kier molecular flexibility index (Phi) is 9.61. The number of urea groups is 1. The van der Waals surface area contributed by atoms with Gasteiger partial charge in [0.05, 0.1) is 31.8 Å². The quantitative estimate of drug-likeness (QED) is 0.217. The first kappa shape index (κ1) is 29.6. The molecule has 214 valence electrons. The molecule has 1 fully saturated rings. The summed E-state index contributed by atoms with van der Waals surface area (Å²) in [6.07, 6.45) is 2.20. The zero-order chi connectivity index (χ0) is 29.5. The van der Waals surface area contributed by atoms with E-state index in [4.69, 9.17) is 18.9 Å². The normalized spacial score (nSPS) is 14.2. The van der Waals surface area contributed by atoms with Gasteiger partial charge in [-0.25, -0.2) is 9.18 Å². The number of barbiturate groups is 1. The van der Waals surface area contributed by atoms with Gasteiger partial charge in [0.1, 0.15) is 18.0 Å². The number of carbonyl (C=O) groups is 3. The van der Waals surface area contributed by atoms with Crippen LogP contribution in [0.1, 0.15) is 30.0 Å². The van der Waals surface area contributed by atoms with Gasteiger partial charge in [-0.1, -0.05) is 25.1 Å². The Hall–Kier alpha value is -4.38. The first-order chi connectivity index (χ1) is 19.7. The molecule has 0 spiro atoms. The van der Waals surface area contributed by atoms with E-state index in [0.29, 0.717) is 45.2 Å². The van der Waals surface area contributed by atoms with E-state index in [1.54, 1.807) is 42.5 Å². The second kappa shape index (κ2) is 13.3. The van der Waals surface area contributed by atoms with Crippen molar-refractivity contribution in [1.29, 1.82) is 0 Å². The summed E-state index contributed by atoms with van der Waals surface area (Å²) in [6.45, 7) is 2.56. The summed E-state index contributed by atoms with van der Waals surface area (Å²) in [5.74, 6) is -0.183. The van der Waals surface area contributed by atoms with Crippen LogP contribution in [0.4, 0.5) is 9.18 Å². The number of methoxy groups -OCH3 is 2. The first-order valence-corrected chi connectivity index (χ1v) is 13.5. The minimum atomic E-state index is -0.828. The van der Waals surface area contributed by atoms with Crippen molar-refractivity contribution >= 4 is 39.9 Å². The standard InChI is InChI=1S/C30H28BrFN2O7/c1-4-11-40-24-10-7-19(14-25(24)38-2)16-34-29(36)22(28(35)33-30(34)37)12-20-13-23(31)27(26(15-20)39-3)41-17-18-5-8-21(32)9-6-18/h5-10,12-15H,4,11,16-17H2,1-3H3,(H,33,35,37)/b22-12+. The Morgan fingerprint density at radius 2 is 1.61 bits per heavy atom. The minimum Gasteiger partial charge on any atom is -0.493 e. The summed E-state index contributed by atoms with van der Waals surface area (Å²) in [5, 5.41) is 2.22. The highest BCUT2D eigenvalue weighted by atomic mass is 79.9. The molecular formula is C30H28BrFN2O7. The number of hydrogen-bond acceptors (Lipinski definition) is 7. The number of hydrogen-bond donors (Lipinski definition) is 1. The molecule has 1 aliphatic heterocycles. The highest BCUT2D eigenvalue weighted by Crippen LogP contribution is 2.38. The lowest BCUT2D eigenvalue weighted by molar-refractivity contribution is -0.130. The molecule has 41 heavy (non-hydrogen) atoms. The number of imide groups is 2. The number of ether oxygens (including phenoxy) is 4. The summed E-state index contributed by atoms with van der Waals surface area (Å²) >= 11 is 3.45. The Labute approximate surface area is 245 Å². The maximum Gasteiger partial charge on any atom is 0.331 e. The zero-order valence-corrected chi connectivity index (χ0v) is 24.2. The number of nitrogens with one attached hydrogen (secondary N) is 1. The molecule has 11 heteroatoms. The fraction of sp³-hybridized carbons (Fsp3) is 0.233. The van der Waals surface area contributed by atoms with Crippen molar-refractivity contribution < 1.29 is 37.7 Å². The number of halogens is 2. The topological polar surface area (TPSA) is 103 Å². The highest BCUT2D eigenvalue weighted by Gasteiger charge is 2.36. The summed E-state index contributed by atoms with van der Waals surface area (Å²) in [7, 11) is 2.96. The van der Waals surface area contributed by atoms with Gasteiger partial charge in [-0.2, -0.15) is 0 Å². The second-order valence-electron chi connectivity index (χ2n) is 8.99. The molecule has 4 rings (SSSR count). The van der Waals surface area contributed by atoms with Crippen molar-refractivity contribution in [2.45, 2.75) is 26.5 Å². The van der Waals surface area contributed by atoms with E-state index < -0.39 is 17.8 Å². The Morgan fingerprint density at radius 1 is 0.902 bits per heavy atom. The van der Waals surface area contributed by atoms with E-state index in [1.165, 1.54) is 32.4 Å². The monoisotopic (exact) mass is 626 g/mol. The molecule has 1 N–H and O–H groups in total. The molecule has 0 bridgehead atoms. The summed E-state index contributed by atoms with van der Waals surface area (Å²) in [6, 6.07) is 13.4. The molecule has 0 aromatic heterocycles. The van der Waals surface area contributed by atoms with E-state index in [2.05, 4.69) is 21.2 Å². The molecule has 0 unspecified atom stereocenters. The van der Waals surface area contributed by atoms with Crippen LogP contribution in [0.2, 0.25) is 0 Å². The van der Waals surface area contributed by atoms with Crippen LogP contribution < -0.4 is 24.3 Å². The number of nitrogens with zero attached hydrogens (tertiary/aromatic N) is 1. The molecule has 0 radical (unpaired) electrons. The molecule has 0 atom stereocenters. The smallest absolute Gasteiger partial charge is 0.331 e. The molecule has 9 nitrogen and oxygen atoms in total. The maximum absolute atomic E-state index is 13.3. The average Bonchev–Trinajstić information content (AvgIpc) is 2.96. The van der Waals surface area contributed by atoms with Crippen molar-refractivity contribution in [1.82, 2.24) is 10.2 Å². The summed E-state index contributed by atoms with van der Waals surface area (Å²) < 4.78 is 36.1. The molecule has 0 saturated carbocycles. The van der Waals surface area contributed by atoms with Crippen LogP contribution in [0.5, 0.6) is 23.0 Å². The molecule has 4 amide bonds. The summed E-state index contributed by atoms with van der Waals surface area (Å²) in [5.41, 5.74) is 1.58. The van der Waals surface area contributed by atoms with E-state index in [1.807, 2.05) is 6.92 Å². The average molecular weight is 627 g/mol. The van der Waals surface area contributed by atoms with E-state index in [-0.39, 0.29) is 24.5 Å². The highest BCUT2D eigenvalue weighted by molar-refractivity contribution is 9.10. The van der Waals surface area contributed by atoms with E-state index in [0.717, 1.165) is 16.9 Å². The van der Waals surface area contributed by atoms with E-state index >= 15 is 0 Å². The third kappa shape index (κ3) is 7.04. The maximum atomic E-state index is 13.3. The van der Waals surface area contributed by atoms with Gasteiger partial charge in [0.25, 0.3) is 11.8 Å². The van der Waals surface area contributed by atoms with Crippen molar-refractivity contribution in [3.8, 4) is 23.0 Å². The van der Waals surface area contributed by atoms with Gasteiger partial charge in [-0.05, 0) is 81.5 Å². The van der Waals surface area contributed by atoms with Gasteiger partial charge in [0.15, 0.2) is 23.0 Å².